The second-order valence-corrected chi connectivity index (χ2v) is 6.32. The largest absolute Gasteiger partial charge is 0.548 e. The molecule has 4 nitrogen and oxygen atoms in total. The molecule has 1 saturated heterocycles. The Balaban J connectivity index is 2.25. The number of aliphatic carboxylic acids is 1. The third kappa shape index (κ3) is 3.33. The van der Waals surface area contributed by atoms with Gasteiger partial charge in [-0.05, 0) is 30.5 Å². The fraction of sp³-hybridized carbons (Fsp3) is 0.267. The maximum Gasteiger partial charge on any atom is 0.266 e. The number of carboxylic acids is 1. The first-order valence-corrected chi connectivity index (χ1v) is 7.73. The summed E-state index contributed by atoms with van der Waals surface area (Å²) in [4.78, 5) is 24.7. The maximum absolute atomic E-state index is 12.2. The summed E-state index contributed by atoms with van der Waals surface area (Å²) in [5, 5.41) is 10.9. The molecule has 1 heterocycles. The summed E-state index contributed by atoms with van der Waals surface area (Å²) in [5.41, 5.74) is 2.10. The fourth-order valence-corrected chi connectivity index (χ4v) is 3.34. The van der Waals surface area contributed by atoms with E-state index in [1.807, 2.05) is 24.3 Å². The Labute approximate surface area is 132 Å². The molecule has 0 aliphatic carbocycles. The number of carbonyl (C=O) groups excluding carboxylic acids is 2. The minimum atomic E-state index is -1.32. The van der Waals surface area contributed by atoms with Crippen molar-refractivity contribution in [3.8, 4) is 0 Å². The predicted molar refractivity (Wildman–Crippen MR) is 85.3 cm³/mol. The number of rotatable bonds is 4. The van der Waals surface area contributed by atoms with Gasteiger partial charge >= 0.3 is 0 Å². The monoisotopic (exact) mass is 320 g/mol. The first-order chi connectivity index (χ1) is 9.93. The van der Waals surface area contributed by atoms with Crippen LogP contribution in [0.15, 0.2) is 29.2 Å². The van der Waals surface area contributed by atoms with Gasteiger partial charge in [0.1, 0.15) is 4.32 Å². The van der Waals surface area contributed by atoms with Gasteiger partial charge in [-0.3, -0.25) is 9.69 Å². The molecule has 0 aromatic heterocycles. The summed E-state index contributed by atoms with van der Waals surface area (Å²) in [6, 6.07) is 6.78. The molecule has 1 aromatic carbocycles. The van der Waals surface area contributed by atoms with Crippen LogP contribution in [0, 0.1) is 0 Å². The Morgan fingerprint density at radius 2 is 2.05 bits per heavy atom. The molecule has 0 radical (unpaired) electrons. The third-order valence-corrected chi connectivity index (χ3v) is 4.57. The average molecular weight is 320 g/mol. The molecule has 1 aliphatic heterocycles. The van der Waals surface area contributed by atoms with Crippen molar-refractivity contribution in [2.24, 2.45) is 0 Å². The predicted octanol–water partition coefficient (Wildman–Crippen LogP) is 1.59. The Bertz CT molecular complexity index is 622. The van der Waals surface area contributed by atoms with Crippen molar-refractivity contribution < 1.29 is 14.7 Å². The summed E-state index contributed by atoms with van der Waals surface area (Å²) < 4.78 is 0.244. The molecule has 21 heavy (non-hydrogen) atoms. The maximum atomic E-state index is 12.2. The molecule has 0 N–H and O–H groups in total. The van der Waals surface area contributed by atoms with Crippen LogP contribution in [0.5, 0.6) is 0 Å². The molecule has 0 spiro atoms. The lowest BCUT2D eigenvalue weighted by Gasteiger charge is -2.23. The van der Waals surface area contributed by atoms with E-state index in [9.17, 15) is 14.7 Å². The average Bonchev–Trinajstić information content (AvgIpc) is 2.73. The second kappa shape index (κ2) is 6.41. The van der Waals surface area contributed by atoms with Gasteiger partial charge in [0.2, 0.25) is 0 Å². The zero-order valence-corrected chi connectivity index (χ0v) is 13.3. The number of benzene rings is 1. The minimum Gasteiger partial charge on any atom is -0.548 e. The lowest BCUT2D eigenvalue weighted by molar-refractivity contribution is -0.309. The molecule has 1 amide bonds. The van der Waals surface area contributed by atoms with Gasteiger partial charge in [-0.25, -0.2) is 0 Å². The van der Waals surface area contributed by atoms with Gasteiger partial charge in [-0.1, -0.05) is 55.2 Å². The highest BCUT2D eigenvalue weighted by atomic mass is 32.2. The number of thiocarbonyl (C=S) groups is 1. The fourth-order valence-electron chi connectivity index (χ4n) is 1.92. The molecule has 1 aromatic rings. The first-order valence-electron chi connectivity index (χ1n) is 6.51. The third-order valence-electron chi connectivity index (χ3n) is 3.24. The van der Waals surface area contributed by atoms with Crippen molar-refractivity contribution in [1.29, 1.82) is 0 Å². The van der Waals surface area contributed by atoms with Gasteiger partial charge in [0.05, 0.1) is 16.9 Å². The van der Waals surface area contributed by atoms with E-state index in [4.69, 9.17) is 12.2 Å². The van der Waals surface area contributed by atoms with Crippen LogP contribution in [0.25, 0.3) is 6.08 Å². The van der Waals surface area contributed by atoms with Crippen molar-refractivity contribution in [3.63, 3.8) is 0 Å². The molecule has 0 unspecified atom stereocenters. The van der Waals surface area contributed by atoms with Crippen molar-refractivity contribution in [1.82, 2.24) is 4.90 Å². The highest BCUT2D eigenvalue weighted by molar-refractivity contribution is 8.26. The smallest absolute Gasteiger partial charge is 0.266 e. The Morgan fingerprint density at radius 1 is 1.43 bits per heavy atom. The standard InChI is InChI=1S/C15H15NO3S2/c1-3-10-4-6-11(7-5-10)8-12-13(17)16(15(20)21-12)9(2)14(18)19/h4-9H,3H2,1-2H3,(H,18,19)/p-1/b12-8+/t9-/m0/s1. The molecule has 0 bridgehead atoms. The summed E-state index contributed by atoms with van der Waals surface area (Å²) in [5.74, 6) is -1.71. The molecular weight excluding hydrogens is 306 g/mol. The number of thioether (sulfide) groups is 1. The van der Waals surface area contributed by atoms with E-state index in [1.54, 1.807) is 6.08 Å². The summed E-state index contributed by atoms with van der Waals surface area (Å²) in [7, 11) is 0. The number of carboxylic acid groups (broad SMARTS) is 1. The molecule has 110 valence electrons. The zero-order chi connectivity index (χ0) is 15.6. The molecule has 1 fully saturated rings. The van der Waals surface area contributed by atoms with E-state index in [-0.39, 0.29) is 10.2 Å². The highest BCUT2D eigenvalue weighted by Crippen LogP contribution is 2.33. The second-order valence-electron chi connectivity index (χ2n) is 4.64. The van der Waals surface area contributed by atoms with E-state index in [0.717, 1.165) is 28.6 Å². The SMILES string of the molecule is CCc1ccc(/C=C2/SC(=S)N([C@@H](C)C(=O)[O-])C2=O)cc1. The van der Waals surface area contributed by atoms with E-state index < -0.39 is 12.0 Å². The molecule has 6 heteroatoms. The van der Waals surface area contributed by atoms with Gasteiger partial charge in [0.15, 0.2) is 0 Å². The van der Waals surface area contributed by atoms with Gasteiger partial charge in [0.25, 0.3) is 5.91 Å². The summed E-state index contributed by atoms with van der Waals surface area (Å²) >= 11 is 6.19. The van der Waals surface area contributed by atoms with E-state index in [0.29, 0.717) is 4.91 Å². The number of carbonyl (C=O) groups is 2. The van der Waals surface area contributed by atoms with Crippen LogP contribution >= 0.6 is 24.0 Å². The van der Waals surface area contributed by atoms with E-state index >= 15 is 0 Å². The first kappa shape index (κ1) is 15.7. The van der Waals surface area contributed by atoms with Gasteiger partial charge < -0.3 is 9.90 Å². The van der Waals surface area contributed by atoms with Crippen molar-refractivity contribution in [2.75, 3.05) is 0 Å². The Hall–Kier alpha value is -1.66. The van der Waals surface area contributed by atoms with Crippen LogP contribution < -0.4 is 5.11 Å². The van der Waals surface area contributed by atoms with Crippen LogP contribution in [0.3, 0.4) is 0 Å². The lowest BCUT2D eigenvalue weighted by atomic mass is 10.1. The van der Waals surface area contributed by atoms with Crippen LogP contribution in [0.1, 0.15) is 25.0 Å². The number of aryl methyl sites for hydroxylation is 1. The van der Waals surface area contributed by atoms with E-state index in [2.05, 4.69) is 6.92 Å². The van der Waals surface area contributed by atoms with Crippen molar-refractivity contribution in [3.05, 3.63) is 40.3 Å². The normalized spacial score (nSPS) is 18.4. The van der Waals surface area contributed by atoms with Crippen LogP contribution in [-0.4, -0.2) is 27.1 Å². The molecule has 1 atom stereocenters. The van der Waals surface area contributed by atoms with E-state index in [1.165, 1.54) is 12.5 Å². The minimum absolute atomic E-state index is 0.244. The Morgan fingerprint density at radius 3 is 2.57 bits per heavy atom. The molecule has 1 aliphatic rings. The van der Waals surface area contributed by atoms with Crippen LogP contribution in [-0.2, 0) is 16.0 Å². The zero-order valence-electron chi connectivity index (χ0n) is 11.7. The Kier molecular flexibility index (Phi) is 4.80. The van der Waals surface area contributed by atoms with Crippen LogP contribution in [0.2, 0.25) is 0 Å². The van der Waals surface area contributed by atoms with Gasteiger partial charge in [0, 0.05) is 0 Å². The van der Waals surface area contributed by atoms with Gasteiger partial charge in [-0.2, -0.15) is 0 Å². The van der Waals surface area contributed by atoms with Gasteiger partial charge in [-0.15, -0.1) is 0 Å². The number of hydrogen-bond acceptors (Lipinski definition) is 5. The van der Waals surface area contributed by atoms with Crippen molar-refractivity contribution >= 4 is 46.3 Å². The summed E-state index contributed by atoms with van der Waals surface area (Å²) in [6.07, 6.45) is 2.67. The van der Waals surface area contributed by atoms with Crippen LogP contribution in [0.4, 0.5) is 0 Å². The molecule has 2 rings (SSSR count). The topological polar surface area (TPSA) is 60.4 Å². The quantitative estimate of drug-likeness (QED) is 0.623. The number of hydrogen-bond donors (Lipinski definition) is 0. The molecule has 0 saturated carbocycles. The molecular formula is C15H14NO3S2-. The number of nitrogens with zero attached hydrogens (tertiary/aromatic N) is 1. The summed E-state index contributed by atoms with van der Waals surface area (Å²) in [6.45, 7) is 3.46. The highest BCUT2D eigenvalue weighted by Gasteiger charge is 2.35. The van der Waals surface area contributed by atoms with Crippen molar-refractivity contribution in [2.45, 2.75) is 26.3 Å². The lowest BCUT2D eigenvalue weighted by Crippen LogP contribution is -2.48. The number of amides is 1.